The number of hydrogen-bond donors (Lipinski definition) is 1. The van der Waals surface area contributed by atoms with Crippen LogP contribution in [0.4, 0.5) is 5.69 Å². The minimum atomic E-state index is -1.13. The van der Waals surface area contributed by atoms with Crippen molar-refractivity contribution < 1.29 is 14.3 Å². The zero-order chi connectivity index (χ0) is 17.4. The van der Waals surface area contributed by atoms with Crippen molar-refractivity contribution in [2.24, 2.45) is 0 Å². The standard InChI is InChI=1S/C18H17Cl2NO3/c1-23-13-8-9-14(15(10-13)24-2)21-16(22)17(11-18(17,19)20)12-6-4-3-5-7-12/h3-10H,11H2,1-2H3,(H,21,22)/t17-/m1/s1. The number of halogens is 2. The molecule has 0 heterocycles. The van der Waals surface area contributed by atoms with Gasteiger partial charge in [0.25, 0.3) is 0 Å². The molecule has 0 bridgehead atoms. The molecule has 0 aliphatic heterocycles. The van der Waals surface area contributed by atoms with Crippen LogP contribution < -0.4 is 14.8 Å². The first kappa shape index (κ1) is 16.9. The van der Waals surface area contributed by atoms with Crippen molar-refractivity contribution in [2.75, 3.05) is 19.5 Å². The fraction of sp³-hybridized carbons (Fsp3) is 0.278. The van der Waals surface area contributed by atoms with Gasteiger partial charge >= 0.3 is 0 Å². The first-order chi connectivity index (χ1) is 11.4. The molecule has 1 atom stereocenters. The van der Waals surface area contributed by atoms with Crippen LogP contribution in [0.2, 0.25) is 0 Å². The number of alkyl halides is 2. The average molecular weight is 366 g/mol. The molecule has 1 fully saturated rings. The van der Waals surface area contributed by atoms with Gasteiger partial charge in [0.05, 0.1) is 19.9 Å². The maximum absolute atomic E-state index is 13.0. The lowest BCUT2D eigenvalue weighted by molar-refractivity contribution is -0.118. The molecule has 24 heavy (non-hydrogen) atoms. The minimum absolute atomic E-state index is 0.262. The highest BCUT2D eigenvalue weighted by Crippen LogP contribution is 2.65. The van der Waals surface area contributed by atoms with Crippen molar-refractivity contribution in [3.8, 4) is 11.5 Å². The molecule has 3 rings (SSSR count). The smallest absolute Gasteiger partial charge is 0.238 e. The van der Waals surface area contributed by atoms with Gasteiger partial charge in [-0.15, -0.1) is 23.2 Å². The third kappa shape index (κ3) is 2.70. The highest BCUT2D eigenvalue weighted by Gasteiger charge is 2.72. The van der Waals surface area contributed by atoms with E-state index in [1.165, 1.54) is 7.11 Å². The van der Waals surface area contributed by atoms with Crippen molar-refractivity contribution in [3.63, 3.8) is 0 Å². The van der Waals surface area contributed by atoms with E-state index in [0.29, 0.717) is 23.6 Å². The van der Waals surface area contributed by atoms with Crippen LogP contribution in [-0.4, -0.2) is 24.5 Å². The van der Waals surface area contributed by atoms with Crippen molar-refractivity contribution in [1.29, 1.82) is 0 Å². The molecule has 1 aliphatic rings. The third-order valence-electron chi connectivity index (χ3n) is 4.30. The maximum Gasteiger partial charge on any atom is 0.238 e. The van der Waals surface area contributed by atoms with E-state index in [1.54, 1.807) is 25.3 Å². The molecule has 0 aromatic heterocycles. The summed E-state index contributed by atoms with van der Waals surface area (Å²) >= 11 is 12.7. The summed E-state index contributed by atoms with van der Waals surface area (Å²) < 4.78 is 9.36. The normalized spacial score (nSPS) is 21.0. The SMILES string of the molecule is COc1ccc(NC(=O)[C@]2(c3ccccc3)CC2(Cl)Cl)c(OC)c1. The molecular weight excluding hydrogens is 349 g/mol. The number of carbonyl (C=O) groups is 1. The van der Waals surface area contributed by atoms with Gasteiger partial charge in [-0.05, 0) is 17.7 Å². The van der Waals surface area contributed by atoms with Crippen LogP contribution in [-0.2, 0) is 10.2 Å². The van der Waals surface area contributed by atoms with Crippen molar-refractivity contribution in [2.45, 2.75) is 16.2 Å². The van der Waals surface area contributed by atoms with E-state index < -0.39 is 9.75 Å². The molecule has 1 saturated carbocycles. The summed E-state index contributed by atoms with van der Waals surface area (Å²) in [5, 5.41) is 2.88. The Balaban J connectivity index is 1.92. The van der Waals surface area contributed by atoms with Crippen LogP contribution in [0.5, 0.6) is 11.5 Å². The zero-order valence-corrected chi connectivity index (χ0v) is 14.8. The summed E-state index contributed by atoms with van der Waals surface area (Å²) in [5.74, 6) is 0.876. The number of ether oxygens (including phenoxy) is 2. The van der Waals surface area contributed by atoms with E-state index in [2.05, 4.69) is 5.32 Å². The maximum atomic E-state index is 13.0. The molecule has 0 saturated heterocycles. The predicted octanol–water partition coefficient (Wildman–Crippen LogP) is 4.16. The van der Waals surface area contributed by atoms with Crippen LogP contribution in [0.3, 0.4) is 0 Å². The van der Waals surface area contributed by atoms with Crippen LogP contribution in [0.1, 0.15) is 12.0 Å². The van der Waals surface area contributed by atoms with E-state index in [4.69, 9.17) is 32.7 Å². The van der Waals surface area contributed by atoms with Crippen molar-refractivity contribution in [3.05, 3.63) is 54.1 Å². The van der Waals surface area contributed by atoms with E-state index >= 15 is 0 Å². The van der Waals surface area contributed by atoms with Crippen molar-refractivity contribution in [1.82, 2.24) is 0 Å². The summed E-state index contributed by atoms with van der Waals surface area (Å²) in [6.45, 7) is 0. The Bertz CT molecular complexity index is 764. The second-order valence-corrected chi connectivity index (χ2v) is 7.16. The molecular formula is C18H17Cl2NO3. The Hall–Kier alpha value is -1.91. The first-order valence-corrected chi connectivity index (χ1v) is 8.17. The van der Waals surface area contributed by atoms with Gasteiger partial charge < -0.3 is 14.8 Å². The average Bonchev–Trinajstić information content (AvgIpc) is 3.20. The Morgan fingerprint density at radius 1 is 1.08 bits per heavy atom. The number of hydrogen-bond acceptors (Lipinski definition) is 3. The second kappa shape index (κ2) is 6.19. The number of anilines is 1. The molecule has 6 heteroatoms. The van der Waals surface area contributed by atoms with Crippen LogP contribution in [0.25, 0.3) is 0 Å². The topological polar surface area (TPSA) is 47.6 Å². The lowest BCUT2D eigenvalue weighted by Gasteiger charge is -2.19. The highest BCUT2D eigenvalue weighted by molar-refractivity contribution is 6.54. The van der Waals surface area contributed by atoms with Gasteiger partial charge in [-0.1, -0.05) is 30.3 Å². The lowest BCUT2D eigenvalue weighted by atomic mass is 9.94. The van der Waals surface area contributed by atoms with E-state index in [9.17, 15) is 4.79 Å². The Morgan fingerprint density at radius 2 is 1.75 bits per heavy atom. The molecule has 1 amide bonds. The Labute approximate surface area is 150 Å². The molecule has 0 unspecified atom stereocenters. The van der Waals surface area contributed by atoms with Crippen LogP contribution in [0, 0.1) is 0 Å². The fourth-order valence-electron chi connectivity index (χ4n) is 2.83. The number of nitrogens with one attached hydrogen (secondary N) is 1. The lowest BCUT2D eigenvalue weighted by Crippen LogP contribution is -2.32. The largest absolute Gasteiger partial charge is 0.497 e. The number of benzene rings is 2. The van der Waals surface area contributed by atoms with Crippen LogP contribution >= 0.6 is 23.2 Å². The first-order valence-electron chi connectivity index (χ1n) is 7.41. The van der Waals surface area contributed by atoms with Gasteiger partial charge in [-0.25, -0.2) is 0 Å². The highest BCUT2D eigenvalue weighted by atomic mass is 35.5. The van der Waals surface area contributed by atoms with Gasteiger partial charge in [0.2, 0.25) is 5.91 Å². The molecule has 126 valence electrons. The van der Waals surface area contributed by atoms with E-state index in [1.807, 2.05) is 30.3 Å². The molecule has 1 N–H and O–H groups in total. The van der Waals surface area contributed by atoms with Gasteiger partial charge in [-0.2, -0.15) is 0 Å². The fourth-order valence-corrected chi connectivity index (χ4v) is 3.62. The van der Waals surface area contributed by atoms with Gasteiger partial charge in [0.1, 0.15) is 21.2 Å². The van der Waals surface area contributed by atoms with Gasteiger partial charge in [0.15, 0.2) is 0 Å². The number of methoxy groups -OCH3 is 2. The van der Waals surface area contributed by atoms with Gasteiger partial charge in [-0.3, -0.25) is 4.79 Å². The zero-order valence-electron chi connectivity index (χ0n) is 13.3. The quantitative estimate of drug-likeness (QED) is 0.809. The monoisotopic (exact) mass is 365 g/mol. The van der Waals surface area contributed by atoms with Crippen molar-refractivity contribution >= 4 is 34.8 Å². The second-order valence-electron chi connectivity index (χ2n) is 5.67. The number of carbonyl (C=O) groups excluding carboxylic acids is 1. The Kier molecular flexibility index (Phi) is 4.37. The molecule has 2 aromatic rings. The molecule has 0 spiro atoms. The molecule has 2 aromatic carbocycles. The summed E-state index contributed by atoms with van der Waals surface area (Å²) in [6.07, 6.45) is 0.359. The third-order valence-corrected chi connectivity index (χ3v) is 5.21. The molecule has 4 nitrogen and oxygen atoms in total. The summed E-state index contributed by atoms with van der Waals surface area (Å²) in [7, 11) is 3.10. The predicted molar refractivity (Wildman–Crippen MR) is 95.3 cm³/mol. The number of rotatable bonds is 5. The molecule has 0 radical (unpaired) electrons. The molecule has 1 aliphatic carbocycles. The number of amides is 1. The summed E-state index contributed by atoms with van der Waals surface area (Å²) in [4.78, 5) is 13.0. The van der Waals surface area contributed by atoms with E-state index in [-0.39, 0.29) is 5.91 Å². The van der Waals surface area contributed by atoms with Crippen LogP contribution in [0.15, 0.2) is 48.5 Å². The summed E-state index contributed by atoms with van der Waals surface area (Å²) in [5.41, 5.74) is 0.358. The Morgan fingerprint density at radius 3 is 2.29 bits per heavy atom. The van der Waals surface area contributed by atoms with Gasteiger partial charge in [0, 0.05) is 12.5 Å². The minimum Gasteiger partial charge on any atom is -0.497 e. The summed E-state index contributed by atoms with van der Waals surface area (Å²) in [6, 6.07) is 14.5. The van der Waals surface area contributed by atoms with E-state index in [0.717, 1.165) is 5.56 Å².